The average Bonchev–Trinajstić information content (AvgIpc) is 2.45. The van der Waals surface area contributed by atoms with Gasteiger partial charge in [0.1, 0.15) is 19.0 Å². The van der Waals surface area contributed by atoms with E-state index < -0.39 is 0 Å². The standard InChI is InChI=1S/C14H15N3O2/c1-10-15-5-4-12(17-10)9-16-11-2-3-13-14(8-11)19-7-6-18-13/h2-5,8,16H,6-7,9H2,1H3. The molecule has 0 radical (unpaired) electrons. The van der Waals surface area contributed by atoms with Crippen molar-refractivity contribution in [1.82, 2.24) is 9.97 Å². The molecule has 1 aromatic heterocycles. The van der Waals surface area contributed by atoms with E-state index in [1.54, 1.807) is 6.20 Å². The molecule has 5 heteroatoms. The fourth-order valence-electron chi connectivity index (χ4n) is 1.95. The van der Waals surface area contributed by atoms with E-state index in [0.29, 0.717) is 19.8 Å². The van der Waals surface area contributed by atoms with Gasteiger partial charge in [-0.15, -0.1) is 0 Å². The van der Waals surface area contributed by atoms with Crippen LogP contribution in [0.4, 0.5) is 5.69 Å². The summed E-state index contributed by atoms with van der Waals surface area (Å²) in [5.41, 5.74) is 1.95. The number of hydrogen-bond acceptors (Lipinski definition) is 5. The minimum absolute atomic E-state index is 0.599. The fraction of sp³-hybridized carbons (Fsp3) is 0.286. The predicted molar refractivity (Wildman–Crippen MR) is 71.5 cm³/mol. The van der Waals surface area contributed by atoms with Gasteiger partial charge in [-0.1, -0.05) is 0 Å². The molecule has 0 amide bonds. The number of ether oxygens (including phenoxy) is 2. The molecule has 0 saturated carbocycles. The molecular weight excluding hydrogens is 242 g/mol. The number of nitrogens with zero attached hydrogens (tertiary/aromatic N) is 2. The number of fused-ring (bicyclic) bond motifs is 1. The molecule has 3 rings (SSSR count). The highest BCUT2D eigenvalue weighted by Crippen LogP contribution is 2.32. The van der Waals surface area contributed by atoms with Crippen LogP contribution in [0.25, 0.3) is 0 Å². The van der Waals surface area contributed by atoms with Gasteiger partial charge in [-0.25, -0.2) is 9.97 Å². The van der Waals surface area contributed by atoms with Gasteiger partial charge in [0.05, 0.1) is 12.2 Å². The van der Waals surface area contributed by atoms with Crippen LogP contribution in [-0.4, -0.2) is 23.2 Å². The van der Waals surface area contributed by atoms with Crippen LogP contribution in [0, 0.1) is 6.92 Å². The first-order valence-corrected chi connectivity index (χ1v) is 6.23. The van der Waals surface area contributed by atoms with E-state index in [1.165, 1.54) is 0 Å². The van der Waals surface area contributed by atoms with E-state index in [2.05, 4.69) is 15.3 Å². The molecule has 0 fully saturated rings. The van der Waals surface area contributed by atoms with E-state index in [1.807, 2.05) is 31.2 Å². The second-order valence-corrected chi connectivity index (χ2v) is 4.31. The van der Waals surface area contributed by atoms with E-state index in [0.717, 1.165) is 28.7 Å². The van der Waals surface area contributed by atoms with Gasteiger partial charge in [-0.3, -0.25) is 0 Å². The smallest absolute Gasteiger partial charge is 0.163 e. The molecule has 19 heavy (non-hydrogen) atoms. The molecule has 5 nitrogen and oxygen atoms in total. The highest BCUT2D eigenvalue weighted by atomic mass is 16.6. The van der Waals surface area contributed by atoms with Gasteiger partial charge in [0.2, 0.25) is 0 Å². The van der Waals surface area contributed by atoms with Crippen molar-refractivity contribution in [3.05, 3.63) is 42.0 Å². The minimum atomic E-state index is 0.599. The Hall–Kier alpha value is -2.30. The third-order valence-electron chi connectivity index (χ3n) is 2.85. The lowest BCUT2D eigenvalue weighted by atomic mass is 10.2. The highest BCUT2D eigenvalue weighted by Gasteiger charge is 2.11. The molecule has 2 aromatic rings. The van der Waals surface area contributed by atoms with E-state index in [9.17, 15) is 0 Å². The van der Waals surface area contributed by atoms with Crippen molar-refractivity contribution in [2.45, 2.75) is 13.5 Å². The number of aromatic nitrogens is 2. The summed E-state index contributed by atoms with van der Waals surface area (Å²) in [7, 11) is 0. The molecule has 0 unspecified atom stereocenters. The summed E-state index contributed by atoms with van der Waals surface area (Å²) in [6.07, 6.45) is 1.77. The number of rotatable bonds is 3. The van der Waals surface area contributed by atoms with Crippen molar-refractivity contribution in [3.63, 3.8) is 0 Å². The summed E-state index contributed by atoms with van der Waals surface area (Å²) < 4.78 is 11.0. The van der Waals surface area contributed by atoms with E-state index in [4.69, 9.17) is 9.47 Å². The minimum Gasteiger partial charge on any atom is -0.486 e. The van der Waals surface area contributed by atoms with Gasteiger partial charge in [-0.05, 0) is 25.1 Å². The van der Waals surface area contributed by atoms with Crippen LogP contribution in [-0.2, 0) is 6.54 Å². The zero-order chi connectivity index (χ0) is 13.1. The maximum Gasteiger partial charge on any atom is 0.163 e. The number of nitrogens with one attached hydrogen (secondary N) is 1. The number of anilines is 1. The Bertz CT molecular complexity index is 587. The SMILES string of the molecule is Cc1nccc(CNc2ccc3c(c2)OCCO3)n1. The van der Waals surface area contributed by atoms with Crippen molar-refractivity contribution < 1.29 is 9.47 Å². The molecular formula is C14H15N3O2. The summed E-state index contributed by atoms with van der Waals surface area (Å²) in [4.78, 5) is 8.42. The van der Waals surface area contributed by atoms with Crippen LogP contribution < -0.4 is 14.8 Å². The van der Waals surface area contributed by atoms with Crippen LogP contribution in [0.15, 0.2) is 30.5 Å². The maximum absolute atomic E-state index is 5.54. The largest absolute Gasteiger partial charge is 0.486 e. The topological polar surface area (TPSA) is 56.3 Å². The molecule has 0 saturated heterocycles. The Labute approximate surface area is 111 Å². The monoisotopic (exact) mass is 257 g/mol. The Morgan fingerprint density at radius 1 is 1.16 bits per heavy atom. The normalized spacial score (nSPS) is 13.1. The van der Waals surface area contributed by atoms with Gasteiger partial charge >= 0.3 is 0 Å². The van der Waals surface area contributed by atoms with Gasteiger partial charge in [0, 0.05) is 18.0 Å². The second kappa shape index (κ2) is 5.14. The zero-order valence-corrected chi connectivity index (χ0v) is 10.7. The van der Waals surface area contributed by atoms with Gasteiger partial charge < -0.3 is 14.8 Å². The number of benzene rings is 1. The summed E-state index contributed by atoms with van der Waals surface area (Å²) in [6, 6.07) is 7.74. The third-order valence-corrected chi connectivity index (χ3v) is 2.85. The van der Waals surface area contributed by atoms with E-state index in [-0.39, 0.29) is 0 Å². The van der Waals surface area contributed by atoms with Crippen LogP contribution in [0.5, 0.6) is 11.5 Å². The molecule has 0 spiro atoms. The van der Waals surface area contributed by atoms with Crippen molar-refractivity contribution in [3.8, 4) is 11.5 Å². The molecule has 0 atom stereocenters. The maximum atomic E-state index is 5.54. The lowest BCUT2D eigenvalue weighted by molar-refractivity contribution is 0.171. The predicted octanol–water partition coefficient (Wildman–Crippen LogP) is 2.17. The van der Waals surface area contributed by atoms with Crippen molar-refractivity contribution in [2.75, 3.05) is 18.5 Å². The van der Waals surface area contributed by atoms with Gasteiger partial charge in [0.15, 0.2) is 11.5 Å². The van der Waals surface area contributed by atoms with E-state index >= 15 is 0 Å². The summed E-state index contributed by atoms with van der Waals surface area (Å²) in [6.45, 7) is 3.75. The molecule has 1 aromatic carbocycles. The first-order chi connectivity index (χ1) is 9.31. The number of aryl methyl sites for hydroxylation is 1. The van der Waals surface area contributed by atoms with Crippen LogP contribution in [0.2, 0.25) is 0 Å². The molecule has 0 aliphatic carbocycles. The van der Waals surface area contributed by atoms with Crippen molar-refractivity contribution in [1.29, 1.82) is 0 Å². The Morgan fingerprint density at radius 3 is 2.84 bits per heavy atom. The van der Waals surface area contributed by atoms with Gasteiger partial charge in [0.25, 0.3) is 0 Å². The van der Waals surface area contributed by atoms with Crippen molar-refractivity contribution >= 4 is 5.69 Å². The lowest BCUT2D eigenvalue weighted by Crippen LogP contribution is -2.15. The third kappa shape index (κ3) is 2.76. The van der Waals surface area contributed by atoms with Crippen LogP contribution >= 0.6 is 0 Å². The molecule has 1 N–H and O–H groups in total. The summed E-state index contributed by atoms with van der Waals surface area (Å²) >= 11 is 0. The van der Waals surface area contributed by atoms with Crippen LogP contribution in [0.3, 0.4) is 0 Å². The summed E-state index contributed by atoms with van der Waals surface area (Å²) in [5, 5.41) is 3.31. The lowest BCUT2D eigenvalue weighted by Gasteiger charge is -2.19. The Kier molecular flexibility index (Phi) is 3.18. The Balaban J connectivity index is 1.70. The van der Waals surface area contributed by atoms with Crippen LogP contribution in [0.1, 0.15) is 11.5 Å². The summed E-state index contributed by atoms with van der Waals surface area (Å²) in [5.74, 6) is 2.37. The molecule has 1 aliphatic heterocycles. The molecule has 2 heterocycles. The zero-order valence-electron chi connectivity index (χ0n) is 10.7. The number of hydrogen-bond donors (Lipinski definition) is 1. The quantitative estimate of drug-likeness (QED) is 0.913. The molecule has 1 aliphatic rings. The molecule has 98 valence electrons. The Morgan fingerprint density at radius 2 is 2.00 bits per heavy atom. The first kappa shape index (κ1) is 11.8. The first-order valence-electron chi connectivity index (χ1n) is 6.23. The average molecular weight is 257 g/mol. The highest BCUT2D eigenvalue weighted by molar-refractivity contribution is 5.55. The van der Waals surface area contributed by atoms with Crippen molar-refractivity contribution in [2.24, 2.45) is 0 Å². The fourth-order valence-corrected chi connectivity index (χ4v) is 1.95. The molecule has 0 bridgehead atoms. The van der Waals surface area contributed by atoms with Gasteiger partial charge in [-0.2, -0.15) is 0 Å². The second-order valence-electron chi connectivity index (χ2n) is 4.31.